The Labute approximate surface area is 130 Å². The van der Waals surface area contributed by atoms with Crippen LogP contribution in [0, 0.1) is 13.8 Å². The van der Waals surface area contributed by atoms with Crippen LogP contribution in [0.5, 0.6) is 0 Å². The monoisotopic (exact) mass is 307 g/mol. The van der Waals surface area contributed by atoms with Gasteiger partial charge in [-0.05, 0) is 50.6 Å². The SMILES string of the molecule is Cc1cc(C)n(CCCNCC(O)c2ccc(Cl)cc2)n1. The van der Waals surface area contributed by atoms with Gasteiger partial charge in [-0.2, -0.15) is 5.10 Å². The highest BCUT2D eigenvalue weighted by atomic mass is 35.5. The molecule has 0 aliphatic rings. The van der Waals surface area contributed by atoms with Gasteiger partial charge in [-0.15, -0.1) is 0 Å². The van der Waals surface area contributed by atoms with E-state index in [2.05, 4.69) is 23.4 Å². The van der Waals surface area contributed by atoms with E-state index >= 15 is 0 Å². The smallest absolute Gasteiger partial charge is 0.0914 e. The van der Waals surface area contributed by atoms with Gasteiger partial charge in [0.2, 0.25) is 0 Å². The van der Waals surface area contributed by atoms with Crippen LogP contribution >= 0.6 is 11.6 Å². The molecule has 2 aromatic rings. The zero-order valence-electron chi connectivity index (χ0n) is 12.5. The predicted molar refractivity (Wildman–Crippen MR) is 85.6 cm³/mol. The molecule has 0 radical (unpaired) electrons. The maximum atomic E-state index is 10.1. The first-order valence-corrected chi connectivity index (χ1v) is 7.59. The maximum Gasteiger partial charge on any atom is 0.0914 e. The first-order valence-electron chi connectivity index (χ1n) is 7.21. The largest absolute Gasteiger partial charge is 0.387 e. The van der Waals surface area contributed by atoms with Crippen molar-refractivity contribution >= 4 is 11.6 Å². The number of rotatable bonds is 7. The zero-order valence-corrected chi connectivity index (χ0v) is 13.3. The van der Waals surface area contributed by atoms with Gasteiger partial charge < -0.3 is 10.4 Å². The van der Waals surface area contributed by atoms with Gasteiger partial charge in [-0.3, -0.25) is 4.68 Å². The van der Waals surface area contributed by atoms with Gasteiger partial charge >= 0.3 is 0 Å². The Morgan fingerprint density at radius 2 is 2.00 bits per heavy atom. The highest BCUT2D eigenvalue weighted by Gasteiger charge is 2.06. The van der Waals surface area contributed by atoms with E-state index in [0.717, 1.165) is 30.8 Å². The van der Waals surface area contributed by atoms with Crippen LogP contribution in [0.4, 0.5) is 0 Å². The average Bonchev–Trinajstić information content (AvgIpc) is 2.77. The number of aliphatic hydroxyl groups excluding tert-OH is 1. The molecular weight excluding hydrogens is 286 g/mol. The fraction of sp³-hybridized carbons (Fsp3) is 0.438. The van der Waals surface area contributed by atoms with Gasteiger partial charge in [0, 0.05) is 23.8 Å². The molecule has 0 aliphatic heterocycles. The molecule has 4 nitrogen and oxygen atoms in total. The summed E-state index contributed by atoms with van der Waals surface area (Å²) in [5.41, 5.74) is 3.12. The molecule has 2 rings (SSSR count). The third-order valence-electron chi connectivity index (χ3n) is 3.42. The lowest BCUT2D eigenvalue weighted by atomic mass is 10.1. The molecule has 1 aromatic heterocycles. The minimum Gasteiger partial charge on any atom is -0.387 e. The van der Waals surface area contributed by atoms with Gasteiger partial charge in [-0.1, -0.05) is 23.7 Å². The number of aryl methyl sites for hydroxylation is 3. The summed E-state index contributed by atoms with van der Waals surface area (Å²) >= 11 is 5.83. The molecule has 0 spiro atoms. The lowest BCUT2D eigenvalue weighted by Crippen LogP contribution is -2.23. The minimum atomic E-state index is -0.504. The summed E-state index contributed by atoms with van der Waals surface area (Å²) in [4.78, 5) is 0. The third kappa shape index (κ3) is 4.84. The molecule has 0 saturated carbocycles. The molecular formula is C16H22ClN3O. The van der Waals surface area contributed by atoms with E-state index in [9.17, 15) is 5.11 Å². The second kappa shape index (κ2) is 7.59. The summed E-state index contributed by atoms with van der Waals surface area (Å²) in [5.74, 6) is 0. The number of nitrogens with one attached hydrogen (secondary N) is 1. The van der Waals surface area contributed by atoms with Crippen molar-refractivity contribution in [1.29, 1.82) is 0 Å². The van der Waals surface area contributed by atoms with Crippen molar-refractivity contribution in [3.63, 3.8) is 0 Å². The van der Waals surface area contributed by atoms with E-state index < -0.39 is 6.10 Å². The molecule has 0 bridgehead atoms. The fourth-order valence-electron chi connectivity index (χ4n) is 2.30. The van der Waals surface area contributed by atoms with Crippen LogP contribution in [0.25, 0.3) is 0 Å². The molecule has 0 saturated heterocycles. The second-order valence-electron chi connectivity index (χ2n) is 5.28. The Bertz CT molecular complexity index is 565. The van der Waals surface area contributed by atoms with Crippen LogP contribution in [0.2, 0.25) is 5.02 Å². The molecule has 1 heterocycles. The number of halogens is 1. The van der Waals surface area contributed by atoms with Crippen molar-refractivity contribution in [2.45, 2.75) is 32.9 Å². The number of hydrogen-bond donors (Lipinski definition) is 2. The van der Waals surface area contributed by atoms with Gasteiger partial charge in [0.05, 0.1) is 11.8 Å². The number of nitrogens with zero attached hydrogens (tertiary/aromatic N) is 2. The molecule has 21 heavy (non-hydrogen) atoms. The summed E-state index contributed by atoms with van der Waals surface area (Å²) in [7, 11) is 0. The first kappa shape index (κ1) is 16.0. The summed E-state index contributed by atoms with van der Waals surface area (Å²) in [6.07, 6.45) is 0.478. The first-order chi connectivity index (χ1) is 10.1. The van der Waals surface area contributed by atoms with Crippen molar-refractivity contribution in [2.24, 2.45) is 0 Å². The number of hydrogen-bond acceptors (Lipinski definition) is 3. The van der Waals surface area contributed by atoms with E-state index in [4.69, 9.17) is 11.6 Å². The van der Waals surface area contributed by atoms with Crippen LogP contribution < -0.4 is 5.32 Å². The van der Waals surface area contributed by atoms with E-state index in [1.165, 1.54) is 5.69 Å². The van der Waals surface area contributed by atoms with Gasteiger partial charge in [0.1, 0.15) is 0 Å². The van der Waals surface area contributed by atoms with Gasteiger partial charge in [-0.25, -0.2) is 0 Å². The Kier molecular flexibility index (Phi) is 5.79. The summed E-state index contributed by atoms with van der Waals surface area (Å²) in [6, 6.07) is 9.37. The van der Waals surface area contributed by atoms with Crippen LogP contribution in [-0.2, 0) is 6.54 Å². The quantitative estimate of drug-likeness (QED) is 0.773. The molecule has 1 aromatic carbocycles. The normalized spacial score (nSPS) is 12.6. The summed E-state index contributed by atoms with van der Waals surface area (Å²) in [6.45, 7) is 6.35. The van der Waals surface area contributed by atoms with Crippen molar-refractivity contribution < 1.29 is 5.11 Å². The van der Waals surface area contributed by atoms with Crippen LogP contribution in [0.1, 0.15) is 29.5 Å². The van der Waals surface area contributed by atoms with Crippen LogP contribution in [0.15, 0.2) is 30.3 Å². The number of benzene rings is 1. The molecule has 0 aliphatic carbocycles. The van der Waals surface area contributed by atoms with Crippen LogP contribution in [0.3, 0.4) is 0 Å². The fourth-order valence-corrected chi connectivity index (χ4v) is 2.42. The Morgan fingerprint density at radius 3 is 2.62 bits per heavy atom. The summed E-state index contributed by atoms with van der Waals surface area (Å²) < 4.78 is 2.02. The lowest BCUT2D eigenvalue weighted by Gasteiger charge is -2.12. The highest BCUT2D eigenvalue weighted by molar-refractivity contribution is 6.30. The second-order valence-corrected chi connectivity index (χ2v) is 5.71. The van der Waals surface area contributed by atoms with Gasteiger partial charge in [0.15, 0.2) is 0 Å². The van der Waals surface area contributed by atoms with Crippen molar-refractivity contribution in [1.82, 2.24) is 15.1 Å². The van der Waals surface area contributed by atoms with Crippen LogP contribution in [-0.4, -0.2) is 28.0 Å². The highest BCUT2D eigenvalue weighted by Crippen LogP contribution is 2.15. The van der Waals surface area contributed by atoms with Crippen molar-refractivity contribution in [3.8, 4) is 0 Å². The molecule has 1 unspecified atom stereocenters. The van der Waals surface area contributed by atoms with Crippen molar-refractivity contribution in [3.05, 3.63) is 52.3 Å². The molecule has 0 fully saturated rings. The van der Waals surface area contributed by atoms with Crippen molar-refractivity contribution in [2.75, 3.05) is 13.1 Å². The summed E-state index contributed by atoms with van der Waals surface area (Å²) in [5, 5.41) is 18.4. The van der Waals surface area contributed by atoms with E-state index in [1.807, 2.05) is 23.7 Å². The van der Waals surface area contributed by atoms with Gasteiger partial charge in [0.25, 0.3) is 0 Å². The molecule has 0 amide bonds. The Morgan fingerprint density at radius 1 is 1.29 bits per heavy atom. The molecule has 2 N–H and O–H groups in total. The van der Waals surface area contributed by atoms with E-state index in [1.54, 1.807) is 12.1 Å². The third-order valence-corrected chi connectivity index (χ3v) is 3.67. The molecule has 114 valence electrons. The maximum absolute atomic E-state index is 10.1. The molecule has 1 atom stereocenters. The van der Waals surface area contributed by atoms with E-state index in [0.29, 0.717) is 11.6 Å². The average molecular weight is 308 g/mol. The number of aromatic nitrogens is 2. The Hall–Kier alpha value is -1.36. The zero-order chi connectivity index (χ0) is 15.2. The Balaban J connectivity index is 1.67. The molecule has 5 heteroatoms. The predicted octanol–water partition coefficient (Wildman–Crippen LogP) is 2.87. The lowest BCUT2D eigenvalue weighted by molar-refractivity contribution is 0.174. The topological polar surface area (TPSA) is 50.1 Å². The minimum absolute atomic E-state index is 0.504. The van der Waals surface area contributed by atoms with E-state index in [-0.39, 0.29) is 0 Å². The number of aliphatic hydroxyl groups is 1. The standard InChI is InChI=1S/C16H22ClN3O/c1-12-10-13(2)20(19-12)9-3-8-18-11-16(21)14-4-6-15(17)7-5-14/h4-7,10,16,18,21H,3,8-9,11H2,1-2H3.